The van der Waals surface area contributed by atoms with Crippen LogP contribution in [0.15, 0.2) is 42.5 Å². The first-order chi connectivity index (χ1) is 10.5. The Bertz CT molecular complexity index is 671. The van der Waals surface area contributed by atoms with Crippen LogP contribution < -0.4 is 10.1 Å². The van der Waals surface area contributed by atoms with E-state index in [4.69, 9.17) is 27.9 Å². The second kappa shape index (κ2) is 7.52. The van der Waals surface area contributed by atoms with Gasteiger partial charge in [0.05, 0.1) is 6.10 Å². The molecule has 2 rings (SSSR count). The zero-order valence-electron chi connectivity index (χ0n) is 12.4. The van der Waals surface area contributed by atoms with Crippen LogP contribution >= 0.6 is 23.2 Å². The number of nitrogens with one attached hydrogen (secondary N) is 1. The molecule has 22 heavy (non-hydrogen) atoms. The molecule has 0 atom stereocenters. The number of hydrogen-bond acceptors (Lipinski definition) is 2. The van der Waals surface area contributed by atoms with E-state index >= 15 is 0 Å². The van der Waals surface area contributed by atoms with Crippen molar-refractivity contribution in [1.82, 2.24) is 5.32 Å². The fourth-order valence-corrected chi connectivity index (χ4v) is 2.40. The van der Waals surface area contributed by atoms with E-state index < -0.39 is 0 Å². The molecule has 2 aromatic rings. The van der Waals surface area contributed by atoms with Gasteiger partial charge in [0, 0.05) is 22.2 Å². The Hall–Kier alpha value is -1.71. The van der Waals surface area contributed by atoms with Crippen LogP contribution in [0, 0.1) is 0 Å². The second-order valence-electron chi connectivity index (χ2n) is 5.11. The molecule has 0 aliphatic heterocycles. The van der Waals surface area contributed by atoms with Gasteiger partial charge in [0.25, 0.3) is 5.91 Å². The van der Waals surface area contributed by atoms with Crippen molar-refractivity contribution >= 4 is 29.1 Å². The van der Waals surface area contributed by atoms with Crippen molar-refractivity contribution in [2.75, 3.05) is 0 Å². The second-order valence-corrected chi connectivity index (χ2v) is 5.96. The maximum atomic E-state index is 12.2. The summed E-state index contributed by atoms with van der Waals surface area (Å²) < 4.78 is 5.58. The zero-order chi connectivity index (χ0) is 16.1. The molecule has 1 N–H and O–H groups in total. The molecule has 5 heteroatoms. The predicted molar refractivity (Wildman–Crippen MR) is 89.8 cm³/mol. The summed E-state index contributed by atoms with van der Waals surface area (Å²) in [7, 11) is 0. The monoisotopic (exact) mass is 337 g/mol. The van der Waals surface area contributed by atoms with Crippen molar-refractivity contribution in [1.29, 1.82) is 0 Å². The third-order valence-electron chi connectivity index (χ3n) is 2.92. The van der Waals surface area contributed by atoms with E-state index in [-0.39, 0.29) is 12.0 Å². The molecule has 0 aromatic heterocycles. The number of halogens is 2. The van der Waals surface area contributed by atoms with Gasteiger partial charge in [0.2, 0.25) is 0 Å². The highest BCUT2D eigenvalue weighted by Gasteiger charge is 2.09. The average Bonchev–Trinajstić information content (AvgIpc) is 2.45. The van der Waals surface area contributed by atoms with Crippen LogP contribution in [0.5, 0.6) is 5.75 Å². The van der Waals surface area contributed by atoms with Crippen LogP contribution in [-0.4, -0.2) is 12.0 Å². The standard InChI is InChI=1S/C17H17Cl2NO2/c1-11(2)22-15-5-3-4-12(8-15)17(21)20-10-13-6-7-14(18)9-16(13)19/h3-9,11H,10H2,1-2H3,(H,20,21). The highest BCUT2D eigenvalue weighted by Crippen LogP contribution is 2.21. The van der Waals surface area contributed by atoms with Gasteiger partial charge in [0.15, 0.2) is 0 Å². The summed E-state index contributed by atoms with van der Waals surface area (Å²) in [5.41, 5.74) is 1.36. The van der Waals surface area contributed by atoms with Gasteiger partial charge in [-0.1, -0.05) is 35.3 Å². The molecule has 0 unspecified atom stereocenters. The molecule has 1 amide bonds. The molecular weight excluding hydrogens is 321 g/mol. The van der Waals surface area contributed by atoms with Crippen molar-refractivity contribution in [2.24, 2.45) is 0 Å². The predicted octanol–water partition coefficient (Wildman–Crippen LogP) is 4.71. The molecule has 0 aliphatic carbocycles. The molecule has 0 fully saturated rings. The topological polar surface area (TPSA) is 38.3 Å². The number of ether oxygens (including phenoxy) is 1. The van der Waals surface area contributed by atoms with Gasteiger partial charge in [-0.3, -0.25) is 4.79 Å². The molecular formula is C17H17Cl2NO2. The summed E-state index contributed by atoms with van der Waals surface area (Å²) in [6.45, 7) is 4.22. The van der Waals surface area contributed by atoms with Gasteiger partial charge in [0.1, 0.15) is 5.75 Å². The lowest BCUT2D eigenvalue weighted by molar-refractivity contribution is 0.0950. The molecule has 116 valence electrons. The fraction of sp³-hybridized carbons (Fsp3) is 0.235. The van der Waals surface area contributed by atoms with Gasteiger partial charge in [-0.05, 0) is 49.7 Å². The molecule has 0 radical (unpaired) electrons. The Labute approximate surface area is 140 Å². The van der Waals surface area contributed by atoms with Crippen LogP contribution in [0.2, 0.25) is 10.0 Å². The van der Waals surface area contributed by atoms with Crippen molar-refractivity contribution in [3.8, 4) is 5.75 Å². The van der Waals surface area contributed by atoms with Crippen LogP contribution in [0.25, 0.3) is 0 Å². The number of benzene rings is 2. The van der Waals surface area contributed by atoms with Crippen molar-refractivity contribution in [2.45, 2.75) is 26.5 Å². The van der Waals surface area contributed by atoms with E-state index in [2.05, 4.69) is 5.32 Å². The summed E-state index contributed by atoms with van der Waals surface area (Å²) in [6, 6.07) is 12.3. The number of carbonyl (C=O) groups is 1. The Morgan fingerprint density at radius 3 is 2.64 bits per heavy atom. The van der Waals surface area contributed by atoms with E-state index in [1.165, 1.54) is 0 Å². The van der Waals surface area contributed by atoms with Gasteiger partial charge in [-0.25, -0.2) is 0 Å². The summed E-state index contributed by atoms with van der Waals surface area (Å²) >= 11 is 11.9. The van der Waals surface area contributed by atoms with Gasteiger partial charge >= 0.3 is 0 Å². The van der Waals surface area contributed by atoms with E-state index in [1.54, 1.807) is 36.4 Å². The van der Waals surface area contributed by atoms with E-state index in [9.17, 15) is 4.79 Å². The normalized spacial score (nSPS) is 10.6. The van der Waals surface area contributed by atoms with E-state index in [1.807, 2.05) is 19.9 Å². The largest absolute Gasteiger partial charge is 0.491 e. The maximum absolute atomic E-state index is 12.2. The third-order valence-corrected chi connectivity index (χ3v) is 3.51. The lowest BCUT2D eigenvalue weighted by atomic mass is 10.2. The minimum Gasteiger partial charge on any atom is -0.491 e. The first kappa shape index (κ1) is 16.7. The highest BCUT2D eigenvalue weighted by molar-refractivity contribution is 6.35. The molecule has 3 nitrogen and oxygen atoms in total. The number of amides is 1. The smallest absolute Gasteiger partial charge is 0.251 e. The van der Waals surface area contributed by atoms with Gasteiger partial charge in [-0.15, -0.1) is 0 Å². The molecule has 0 saturated carbocycles. The van der Waals surface area contributed by atoms with Gasteiger partial charge in [-0.2, -0.15) is 0 Å². The zero-order valence-corrected chi connectivity index (χ0v) is 13.9. The van der Waals surface area contributed by atoms with E-state index in [0.29, 0.717) is 27.9 Å². The van der Waals surface area contributed by atoms with Crippen LogP contribution in [0.1, 0.15) is 29.8 Å². The van der Waals surface area contributed by atoms with Crippen LogP contribution in [0.3, 0.4) is 0 Å². The van der Waals surface area contributed by atoms with Crippen LogP contribution in [-0.2, 0) is 6.54 Å². The molecule has 2 aromatic carbocycles. The Kier molecular flexibility index (Phi) is 5.69. The van der Waals surface area contributed by atoms with Crippen LogP contribution in [0.4, 0.5) is 0 Å². The minimum absolute atomic E-state index is 0.0613. The lowest BCUT2D eigenvalue weighted by Gasteiger charge is -2.11. The van der Waals surface area contributed by atoms with Gasteiger partial charge < -0.3 is 10.1 Å². The maximum Gasteiger partial charge on any atom is 0.251 e. The summed E-state index contributed by atoms with van der Waals surface area (Å²) in [4.78, 5) is 12.2. The molecule has 0 spiro atoms. The summed E-state index contributed by atoms with van der Waals surface area (Å²) in [5.74, 6) is 0.493. The number of carbonyl (C=O) groups excluding carboxylic acids is 1. The Morgan fingerprint density at radius 1 is 1.18 bits per heavy atom. The third kappa shape index (κ3) is 4.65. The molecule has 0 aliphatic rings. The van der Waals surface area contributed by atoms with Crippen molar-refractivity contribution in [3.63, 3.8) is 0 Å². The first-order valence-electron chi connectivity index (χ1n) is 6.94. The fourth-order valence-electron chi connectivity index (χ4n) is 1.93. The summed E-state index contributed by atoms with van der Waals surface area (Å²) in [5, 5.41) is 3.93. The van der Waals surface area contributed by atoms with Crippen molar-refractivity contribution in [3.05, 3.63) is 63.6 Å². The minimum atomic E-state index is -0.180. The highest BCUT2D eigenvalue weighted by atomic mass is 35.5. The molecule has 0 heterocycles. The Morgan fingerprint density at radius 2 is 1.95 bits per heavy atom. The van der Waals surface area contributed by atoms with E-state index in [0.717, 1.165) is 5.56 Å². The summed E-state index contributed by atoms with van der Waals surface area (Å²) in [6.07, 6.45) is 0.0613. The number of hydrogen-bond donors (Lipinski definition) is 1. The molecule has 0 bridgehead atoms. The SMILES string of the molecule is CC(C)Oc1cccc(C(=O)NCc2ccc(Cl)cc2Cl)c1. The average molecular weight is 338 g/mol. The van der Waals surface area contributed by atoms with Crippen molar-refractivity contribution < 1.29 is 9.53 Å². The molecule has 0 saturated heterocycles. The number of rotatable bonds is 5. The quantitative estimate of drug-likeness (QED) is 0.857. The lowest BCUT2D eigenvalue weighted by Crippen LogP contribution is -2.23. The first-order valence-corrected chi connectivity index (χ1v) is 7.70. The Balaban J connectivity index is 2.03.